The largest absolute Gasteiger partial charge is 0.308 e. The van der Waals surface area contributed by atoms with Gasteiger partial charge in [-0.3, -0.25) is 0 Å². The van der Waals surface area contributed by atoms with Crippen molar-refractivity contribution in [3.8, 4) is 0 Å². The Balaban J connectivity index is 1.92. The highest BCUT2D eigenvalue weighted by atomic mass is 32.1. The van der Waals surface area contributed by atoms with E-state index in [4.69, 9.17) is 0 Å². The van der Waals surface area contributed by atoms with Crippen LogP contribution >= 0.6 is 11.3 Å². The molecule has 2 rings (SSSR count). The number of nitrogens with zero attached hydrogens (tertiary/aromatic N) is 2. The van der Waals surface area contributed by atoms with Gasteiger partial charge in [-0.1, -0.05) is 50.9 Å². The third-order valence-electron chi connectivity index (χ3n) is 3.35. The maximum Gasteiger partial charge on any atom is 0.131 e. The van der Waals surface area contributed by atoms with Gasteiger partial charge < -0.3 is 5.32 Å². The Morgan fingerprint density at radius 3 is 2.53 bits per heavy atom. The van der Waals surface area contributed by atoms with E-state index in [1.807, 2.05) is 0 Å². The highest BCUT2D eigenvalue weighted by Gasteiger charge is 2.18. The van der Waals surface area contributed by atoms with E-state index in [0.717, 1.165) is 11.6 Å². The first-order chi connectivity index (χ1) is 8.25. The highest BCUT2D eigenvalue weighted by Crippen LogP contribution is 2.33. The third kappa shape index (κ3) is 4.03. The van der Waals surface area contributed by atoms with Crippen molar-refractivity contribution in [3.63, 3.8) is 0 Å². The van der Waals surface area contributed by atoms with E-state index in [9.17, 15) is 0 Å². The molecule has 0 amide bonds. The van der Waals surface area contributed by atoms with E-state index in [0.29, 0.717) is 12.0 Å². The Bertz CT molecular complexity index is 327. The fourth-order valence-corrected chi connectivity index (χ4v) is 3.28. The average Bonchev–Trinajstić information content (AvgIpc) is 2.60. The molecule has 3 nitrogen and oxygen atoms in total. The predicted molar refractivity (Wildman–Crippen MR) is 72.3 cm³/mol. The monoisotopic (exact) mass is 253 g/mol. The summed E-state index contributed by atoms with van der Waals surface area (Å²) in [5.41, 5.74) is 0. The summed E-state index contributed by atoms with van der Waals surface area (Å²) in [6.07, 6.45) is 8.15. The summed E-state index contributed by atoms with van der Waals surface area (Å²) >= 11 is 1.81. The first kappa shape index (κ1) is 13.0. The number of rotatable bonds is 4. The van der Waals surface area contributed by atoms with Gasteiger partial charge in [0.2, 0.25) is 0 Å². The first-order valence-corrected chi connectivity index (χ1v) is 7.63. The van der Waals surface area contributed by atoms with E-state index in [2.05, 4.69) is 29.4 Å². The van der Waals surface area contributed by atoms with Gasteiger partial charge in [0.05, 0.1) is 0 Å². The zero-order valence-electron chi connectivity index (χ0n) is 10.9. The first-order valence-electron chi connectivity index (χ1n) is 6.81. The van der Waals surface area contributed by atoms with Crippen LogP contribution in [0.5, 0.6) is 0 Å². The normalized spacial score (nSPS) is 18.5. The molecule has 0 aromatic carbocycles. The topological polar surface area (TPSA) is 37.8 Å². The van der Waals surface area contributed by atoms with Gasteiger partial charge in [-0.05, 0) is 12.8 Å². The Morgan fingerprint density at radius 1 is 1.18 bits per heavy atom. The molecular weight excluding hydrogens is 230 g/mol. The number of hydrogen-bond donors (Lipinski definition) is 1. The Kier molecular flexibility index (Phi) is 4.92. The molecule has 1 saturated carbocycles. The number of aromatic nitrogens is 2. The van der Waals surface area contributed by atoms with Crippen LogP contribution in [0.3, 0.4) is 0 Å². The molecule has 4 heteroatoms. The van der Waals surface area contributed by atoms with Gasteiger partial charge in [0.1, 0.15) is 10.0 Å². The molecule has 0 radical (unpaired) electrons. The van der Waals surface area contributed by atoms with Crippen LogP contribution in [0.4, 0.5) is 0 Å². The quantitative estimate of drug-likeness (QED) is 0.835. The van der Waals surface area contributed by atoms with Crippen LogP contribution in [-0.2, 0) is 6.54 Å². The Morgan fingerprint density at radius 2 is 1.88 bits per heavy atom. The van der Waals surface area contributed by atoms with Crippen LogP contribution < -0.4 is 5.32 Å². The predicted octanol–water partition coefficient (Wildman–Crippen LogP) is 3.47. The summed E-state index contributed by atoms with van der Waals surface area (Å²) in [4.78, 5) is 0. The van der Waals surface area contributed by atoms with Crippen LogP contribution in [0, 0.1) is 0 Å². The summed E-state index contributed by atoms with van der Waals surface area (Å²) in [5, 5.41) is 14.5. The molecule has 1 N–H and O–H groups in total. The highest BCUT2D eigenvalue weighted by molar-refractivity contribution is 7.11. The SMILES string of the molecule is CC(C)NCc1nnc(C2CCCCCC2)s1. The van der Waals surface area contributed by atoms with E-state index in [1.54, 1.807) is 11.3 Å². The Hall–Kier alpha value is -0.480. The molecule has 1 aromatic heterocycles. The van der Waals surface area contributed by atoms with Crippen molar-refractivity contribution >= 4 is 11.3 Å². The smallest absolute Gasteiger partial charge is 0.131 e. The lowest BCUT2D eigenvalue weighted by Gasteiger charge is -2.08. The van der Waals surface area contributed by atoms with Gasteiger partial charge in [0.15, 0.2) is 0 Å². The Labute approximate surface area is 108 Å². The van der Waals surface area contributed by atoms with Crippen molar-refractivity contribution in [1.82, 2.24) is 15.5 Å². The zero-order valence-corrected chi connectivity index (χ0v) is 11.7. The van der Waals surface area contributed by atoms with Crippen molar-refractivity contribution in [2.75, 3.05) is 0 Å². The molecule has 1 aromatic rings. The minimum atomic E-state index is 0.514. The van der Waals surface area contributed by atoms with Gasteiger partial charge in [0.25, 0.3) is 0 Å². The van der Waals surface area contributed by atoms with Gasteiger partial charge >= 0.3 is 0 Å². The molecule has 1 aliphatic carbocycles. The standard InChI is InChI=1S/C13H23N3S/c1-10(2)14-9-12-15-16-13(17-12)11-7-5-3-4-6-8-11/h10-11,14H,3-9H2,1-2H3. The molecule has 1 fully saturated rings. The van der Waals surface area contributed by atoms with Gasteiger partial charge in [-0.2, -0.15) is 0 Å². The summed E-state index contributed by atoms with van der Waals surface area (Å²) in [5.74, 6) is 0.683. The molecule has 17 heavy (non-hydrogen) atoms. The summed E-state index contributed by atoms with van der Waals surface area (Å²) in [6.45, 7) is 5.18. The molecule has 0 spiro atoms. The maximum atomic E-state index is 4.39. The van der Waals surface area contributed by atoms with Gasteiger partial charge in [0, 0.05) is 18.5 Å². The van der Waals surface area contributed by atoms with Crippen LogP contribution in [0.15, 0.2) is 0 Å². The molecular formula is C13H23N3S. The molecule has 1 aliphatic rings. The lowest BCUT2D eigenvalue weighted by molar-refractivity contribution is 0.577. The molecule has 1 heterocycles. The number of hydrogen-bond acceptors (Lipinski definition) is 4. The van der Waals surface area contributed by atoms with Crippen LogP contribution in [0.1, 0.15) is 68.3 Å². The van der Waals surface area contributed by atoms with E-state index < -0.39 is 0 Å². The van der Waals surface area contributed by atoms with Crippen molar-refractivity contribution in [3.05, 3.63) is 10.0 Å². The minimum Gasteiger partial charge on any atom is -0.308 e. The van der Waals surface area contributed by atoms with Crippen molar-refractivity contribution in [2.45, 2.75) is 70.9 Å². The maximum absolute atomic E-state index is 4.39. The summed E-state index contributed by atoms with van der Waals surface area (Å²) in [7, 11) is 0. The summed E-state index contributed by atoms with van der Waals surface area (Å²) < 4.78 is 0. The minimum absolute atomic E-state index is 0.514. The fraction of sp³-hybridized carbons (Fsp3) is 0.846. The van der Waals surface area contributed by atoms with Crippen molar-refractivity contribution < 1.29 is 0 Å². The molecule has 96 valence electrons. The fourth-order valence-electron chi connectivity index (χ4n) is 2.32. The van der Waals surface area contributed by atoms with Crippen molar-refractivity contribution in [1.29, 1.82) is 0 Å². The molecule has 0 aliphatic heterocycles. The summed E-state index contributed by atoms with van der Waals surface area (Å²) in [6, 6.07) is 0.514. The second-order valence-electron chi connectivity index (χ2n) is 5.26. The lowest BCUT2D eigenvalue weighted by atomic mass is 10.0. The van der Waals surface area contributed by atoms with Gasteiger partial charge in [-0.25, -0.2) is 0 Å². The van der Waals surface area contributed by atoms with Crippen LogP contribution in [0.2, 0.25) is 0 Å². The van der Waals surface area contributed by atoms with E-state index >= 15 is 0 Å². The third-order valence-corrected chi connectivity index (χ3v) is 4.43. The van der Waals surface area contributed by atoms with E-state index in [1.165, 1.54) is 43.5 Å². The molecule has 0 saturated heterocycles. The average molecular weight is 253 g/mol. The van der Waals surface area contributed by atoms with E-state index in [-0.39, 0.29) is 0 Å². The zero-order chi connectivity index (χ0) is 12.1. The molecule has 0 unspecified atom stereocenters. The van der Waals surface area contributed by atoms with Gasteiger partial charge in [-0.15, -0.1) is 10.2 Å². The lowest BCUT2D eigenvalue weighted by Crippen LogP contribution is -2.21. The van der Waals surface area contributed by atoms with Crippen LogP contribution in [0.25, 0.3) is 0 Å². The second-order valence-corrected chi connectivity index (χ2v) is 6.35. The second kappa shape index (κ2) is 6.45. The van der Waals surface area contributed by atoms with Crippen LogP contribution in [-0.4, -0.2) is 16.2 Å². The number of nitrogens with one attached hydrogen (secondary N) is 1. The van der Waals surface area contributed by atoms with Crippen molar-refractivity contribution in [2.24, 2.45) is 0 Å². The molecule has 0 bridgehead atoms. The molecule has 0 atom stereocenters.